The van der Waals surface area contributed by atoms with Gasteiger partial charge >= 0.3 is 0 Å². The molecule has 5 heteroatoms. The van der Waals surface area contributed by atoms with Crippen LogP contribution in [0.3, 0.4) is 0 Å². The fourth-order valence-corrected chi connectivity index (χ4v) is 3.36. The predicted molar refractivity (Wildman–Crippen MR) is 97.1 cm³/mol. The highest BCUT2D eigenvalue weighted by Crippen LogP contribution is 2.22. The Morgan fingerprint density at radius 3 is 2.80 bits per heavy atom. The van der Waals surface area contributed by atoms with Crippen molar-refractivity contribution >= 4 is 22.7 Å². The minimum Gasteiger partial charge on any atom is -0.439 e. The summed E-state index contributed by atoms with van der Waals surface area (Å²) in [4.78, 5) is 19.3. The van der Waals surface area contributed by atoms with Crippen molar-refractivity contribution < 1.29 is 9.21 Å². The number of carbonyl (C=O) groups excluding carboxylic acids is 1. The average molecular weight is 335 g/mol. The molecule has 1 aromatic heterocycles. The Bertz CT molecular complexity index is 827. The molecule has 5 nitrogen and oxygen atoms in total. The number of oxazole rings is 1. The van der Waals surface area contributed by atoms with Gasteiger partial charge in [0.1, 0.15) is 5.52 Å². The lowest BCUT2D eigenvalue weighted by atomic mass is 9.97. The molecule has 2 aromatic carbocycles. The Morgan fingerprint density at radius 2 is 1.96 bits per heavy atom. The third-order valence-electron chi connectivity index (χ3n) is 4.61. The maximum Gasteiger partial charge on any atom is 0.228 e. The lowest BCUT2D eigenvalue weighted by Gasteiger charge is -2.31. The maximum atomic E-state index is 12.5. The van der Waals surface area contributed by atoms with Gasteiger partial charge in [-0.15, -0.1) is 0 Å². The van der Waals surface area contributed by atoms with Crippen molar-refractivity contribution in [2.24, 2.45) is 5.92 Å². The molecule has 3 aromatic rings. The van der Waals surface area contributed by atoms with E-state index in [1.165, 1.54) is 0 Å². The molecule has 0 bridgehead atoms. The largest absolute Gasteiger partial charge is 0.439 e. The average Bonchev–Trinajstić information content (AvgIpc) is 3.05. The molecule has 0 spiro atoms. The van der Waals surface area contributed by atoms with E-state index in [0.29, 0.717) is 12.4 Å². The molecule has 2 heterocycles. The fourth-order valence-electron chi connectivity index (χ4n) is 3.36. The highest BCUT2D eigenvalue weighted by Gasteiger charge is 2.26. The van der Waals surface area contributed by atoms with E-state index >= 15 is 0 Å². The zero-order valence-electron chi connectivity index (χ0n) is 14.0. The second kappa shape index (κ2) is 7.07. The summed E-state index contributed by atoms with van der Waals surface area (Å²) in [6, 6.07) is 17.4. The number of hydrogen-bond donors (Lipinski definition) is 1. The first-order valence-electron chi connectivity index (χ1n) is 8.71. The number of anilines is 1. The Labute approximate surface area is 146 Å². The van der Waals surface area contributed by atoms with Crippen LogP contribution in [0.15, 0.2) is 59.0 Å². The number of nitrogens with zero attached hydrogens (tertiary/aromatic N) is 2. The number of rotatable bonds is 4. The number of fused-ring (bicyclic) bond motifs is 1. The summed E-state index contributed by atoms with van der Waals surface area (Å²) in [6.45, 7) is 2.34. The highest BCUT2D eigenvalue weighted by molar-refractivity contribution is 5.92. The maximum absolute atomic E-state index is 12.5. The molecule has 1 N–H and O–H groups in total. The Kier molecular flexibility index (Phi) is 4.48. The third kappa shape index (κ3) is 3.72. The van der Waals surface area contributed by atoms with Gasteiger partial charge in [0.05, 0.1) is 12.5 Å². The number of amides is 1. The van der Waals surface area contributed by atoms with Gasteiger partial charge in [-0.3, -0.25) is 9.69 Å². The monoisotopic (exact) mass is 335 g/mol. The number of aromatic nitrogens is 1. The number of para-hydroxylation sites is 3. The van der Waals surface area contributed by atoms with Gasteiger partial charge in [0.15, 0.2) is 5.58 Å². The molecule has 0 aliphatic carbocycles. The van der Waals surface area contributed by atoms with E-state index in [0.717, 1.165) is 42.7 Å². The van der Waals surface area contributed by atoms with E-state index in [9.17, 15) is 4.79 Å². The lowest BCUT2D eigenvalue weighted by Crippen LogP contribution is -2.40. The Morgan fingerprint density at radius 1 is 1.16 bits per heavy atom. The lowest BCUT2D eigenvalue weighted by molar-refractivity contribution is -0.121. The van der Waals surface area contributed by atoms with Gasteiger partial charge in [-0.1, -0.05) is 30.3 Å². The van der Waals surface area contributed by atoms with Crippen LogP contribution in [0.1, 0.15) is 18.7 Å². The van der Waals surface area contributed by atoms with Crippen molar-refractivity contribution in [2.75, 3.05) is 18.4 Å². The van der Waals surface area contributed by atoms with E-state index < -0.39 is 0 Å². The molecule has 1 atom stereocenters. The first kappa shape index (κ1) is 15.8. The molecule has 1 saturated heterocycles. The molecule has 0 radical (unpaired) electrons. The van der Waals surface area contributed by atoms with Crippen LogP contribution in [-0.2, 0) is 11.3 Å². The highest BCUT2D eigenvalue weighted by atomic mass is 16.3. The molecule has 25 heavy (non-hydrogen) atoms. The van der Waals surface area contributed by atoms with Crippen LogP contribution in [0.4, 0.5) is 5.69 Å². The molecular formula is C20H21N3O2. The summed E-state index contributed by atoms with van der Waals surface area (Å²) >= 11 is 0. The van der Waals surface area contributed by atoms with E-state index in [-0.39, 0.29) is 11.8 Å². The third-order valence-corrected chi connectivity index (χ3v) is 4.61. The number of benzene rings is 2. The molecule has 0 unspecified atom stereocenters. The summed E-state index contributed by atoms with van der Waals surface area (Å²) in [5.41, 5.74) is 2.55. The number of nitrogens with one attached hydrogen (secondary N) is 1. The summed E-state index contributed by atoms with van der Waals surface area (Å²) in [5.74, 6) is 0.803. The molecule has 4 rings (SSSR count). The molecule has 1 fully saturated rings. The minimum absolute atomic E-state index is 0.00154. The second-order valence-electron chi connectivity index (χ2n) is 6.50. The summed E-state index contributed by atoms with van der Waals surface area (Å²) in [6.07, 6.45) is 1.93. The molecule has 128 valence electrons. The summed E-state index contributed by atoms with van der Waals surface area (Å²) in [5, 5.41) is 3.01. The SMILES string of the molecule is O=C(Nc1ccccc1)[C@H]1CCCN(Cc2nc3ccccc3o2)C1. The van der Waals surface area contributed by atoms with E-state index in [2.05, 4.69) is 15.2 Å². The minimum atomic E-state index is -0.00154. The number of piperidine rings is 1. The first-order valence-corrected chi connectivity index (χ1v) is 8.71. The van der Waals surface area contributed by atoms with Crippen molar-refractivity contribution in [1.29, 1.82) is 0 Å². The van der Waals surface area contributed by atoms with Gasteiger partial charge in [-0.25, -0.2) is 4.98 Å². The van der Waals surface area contributed by atoms with Gasteiger partial charge in [0.25, 0.3) is 0 Å². The van der Waals surface area contributed by atoms with Crippen molar-refractivity contribution in [3.63, 3.8) is 0 Å². The van der Waals surface area contributed by atoms with Gasteiger partial charge in [-0.2, -0.15) is 0 Å². The van der Waals surface area contributed by atoms with Crippen LogP contribution in [0.2, 0.25) is 0 Å². The van der Waals surface area contributed by atoms with Crippen molar-refractivity contribution in [3.8, 4) is 0 Å². The van der Waals surface area contributed by atoms with Crippen LogP contribution >= 0.6 is 0 Å². The normalized spacial score (nSPS) is 18.3. The zero-order valence-corrected chi connectivity index (χ0v) is 14.0. The molecule has 1 amide bonds. The van der Waals surface area contributed by atoms with Crippen molar-refractivity contribution in [2.45, 2.75) is 19.4 Å². The second-order valence-corrected chi connectivity index (χ2v) is 6.50. The summed E-state index contributed by atoms with van der Waals surface area (Å²) < 4.78 is 5.81. The number of carbonyl (C=O) groups is 1. The van der Waals surface area contributed by atoms with Crippen LogP contribution in [0.25, 0.3) is 11.1 Å². The van der Waals surface area contributed by atoms with Crippen LogP contribution < -0.4 is 5.32 Å². The summed E-state index contributed by atoms with van der Waals surface area (Å²) in [7, 11) is 0. The van der Waals surface area contributed by atoms with E-state index in [1.54, 1.807) is 0 Å². The number of likely N-dealkylation sites (tertiary alicyclic amines) is 1. The Hall–Kier alpha value is -2.66. The standard InChI is InChI=1S/C20H21N3O2/c24-20(21-16-8-2-1-3-9-16)15-7-6-12-23(13-15)14-19-22-17-10-4-5-11-18(17)25-19/h1-5,8-11,15H,6-7,12-14H2,(H,21,24)/t15-/m0/s1. The van der Waals surface area contributed by atoms with Crippen molar-refractivity contribution in [1.82, 2.24) is 9.88 Å². The number of hydrogen-bond acceptors (Lipinski definition) is 4. The van der Waals surface area contributed by atoms with Gasteiger partial charge in [-0.05, 0) is 43.7 Å². The first-order chi connectivity index (χ1) is 12.3. The smallest absolute Gasteiger partial charge is 0.228 e. The molecular weight excluding hydrogens is 314 g/mol. The van der Waals surface area contributed by atoms with Crippen molar-refractivity contribution in [3.05, 3.63) is 60.5 Å². The van der Waals surface area contributed by atoms with Crippen LogP contribution in [-0.4, -0.2) is 28.9 Å². The zero-order chi connectivity index (χ0) is 17.1. The van der Waals surface area contributed by atoms with E-state index in [1.807, 2.05) is 54.6 Å². The van der Waals surface area contributed by atoms with Gasteiger partial charge in [0, 0.05) is 12.2 Å². The predicted octanol–water partition coefficient (Wildman–Crippen LogP) is 3.68. The van der Waals surface area contributed by atoms with Crippen LogP contribution in [0, 0.1) is 5.92 Å². The molecule has 1 aliphatic rings. The van der Waals surface area contributed by atoms with Crippen LogP contribution in [0.5, 0.6) is 0 Å². The quantitative estimate of drug-likeness (QED) is 0.790. The fraction of sp³-hybridized carbons (Fsp3) is 0.300. The van der Waals surface area contributed by atoms with Gasteiger partial charge < -0.3 is 9.73 Å². The Balaban J connectivity index is 1.39. The molecule has 0 saturated carbocycles. The van der Waals surface area contributed by atoms with E-state index in [4.69, 9.17) is 4.42 Å². The topological polar surface area (TPSA) is 58.4 Å². The van der Waals surface area contributed by atoms with Gasteiger partial charge in [0.2, 0.25) is 11.8 Å². The molecule has 1 aliphatic heterocycles.